The molecule has 1 aliphatic rings. The molecule has 10 heteroatoms. The zero-order chi connectivity index (χ0) is 25.2. The fourth-order valence-electron chi connectivity index (χ4n) is 4.57. The SMILES string of the molecule is NCCN(CCN)C(=O)CC(N)C(=O)NC(C(=O)Nc1cnc2ccccc2c1)C1CCCCC1. The molecule has 3 rings (SSSR count). The molecule has 10 nitrogen and oxygen atoms in total. The molecule has 1 saturated carbocycles. The third-order valence-electron chi connectivity index (χ3n) is 6.44. The monoisotopic (exact) mass is 483 g/mol. The second-order valence-corrected chi connectivity index (χ2v) is 9.06. The summed E-state index contributed by atoms with van der Waals surface area (Å²) in [5.74, 6) is -1.13. The Kier molecular flexibility index (Phi) is 9.95. The normalized spacial score (nSPS) is 15.9. The lowest BCUT2D eigenvalue weighted by Gasteiger charge is -2.31. The van der Waals surface area contributed by atoms with Crippen LogP contribution in [-0.2, 0) is 14.4 Å². The second-order valence-electron chi connectivity index (χ2n) is 9.06. The fourth-order valence-corrected chi connectivity index (χ4v) is 4.57. The van der Waals surface area contributed by atoms with Gasteiger partial charge in [0.1, 0.15) is 6.04 Å². The van der Waals surface area contributed by atoms with Gasteiger partial charge in [-0.3, -0.25) is 19.4 Å². The Morgan fingerprint density at radius 1 is 1.03 bits per heavy atom. The van der Waals surface area contributed by atoms with E-state index in [4.69, 9.17) is 17.2 Å². The van der Waals surface area contributed by atoms with E-state index < -0.39 is 18.0 Å². The smallest absolute Gasteiger partial charge is 0.247 e. The lowest BCUT2D eigenvalue weighted by Crippen LogP contribution is -2.54. The van der Waals surface area contributed by atoms with Gasteiger partial charge in [0, 0.05) is 31.6 Å². The molecule has 0 saturated heterocycles. The Morgan fingerprint density at radius 3 is 2.40 bits per heavy atom. The Bertz CT molecular complexity index is 1000. The predicted octanol–water partition coefficient (Wildman–Crippen LogP) is 0.702. The van der Waals surface area contributed by atoms with Crippen molar-refractivity contribution in [2.45, 2.75) is 50.6 Å². The third-order valence-corrected chi connectivity index (χ3v) is 6.44. The predicted molar refractivity (Wildman–Crippen MR) is 136 cm³/mol. The minimum Gasteiger partial charge on any atom is -0.343 e. The molecule has 1 aliphatic carbocycles. The van der Waals surface area contributed by atoms with E-state index >= 15 is 0 Å². The molecule has 1 heterocycles. The van der Waals surface area contributed by atoms with Gasteiger partial charge in [-0.2, -0.15) is 0 Å². The first-order valence-electron chi connectivity index (χ1n) is 12.3. The highest BCUT2D eigenvalue weighted by Crippen LogP contribution is 2.27. The van der Waals surface area contributed by atoms with Crippen molar-refractivity contribution in [3.63, 3.8) is 0 Å². The Morgan fingerprint density at radius 2 is 1.71 bits per heavy atom. The minimum absolute atomic E-state index is 0.00463. The number of carbonyl (C=O) groups excluding carboxylic acids is 3. The van der Waals surface area contributed by atoms with E-state index in [0.29, 0.717) is 31.9 Å². The average molecular weight is 484 g/mol. The van der Waals surface area contributed by atoms with Gasteiger partial charge in [-0.1, -0.05) is 37.5 Å². The van der Waals surface area contributed by atoms with E-state index in [0.717, 1.165) is 43.0 Å². The summed E-state index contributed by atoms with van der Waals surface area (Å²) in [5, 5.41) is 6.65. The number of rotatable bonds is 11. The summed E-state index contributed by atoms with van der Waals surface area (Å²) in [6, 6.07) is 7.66. The summed E-state index contributed by atoms with van der Waals surface area (Å²) in [6.07, 6.45) is 6.21. The van der Waals surface area contributed by atoms with Crippen molar-refractivity contribution in [2.24, 2.45) is 23.1 Å². The third kappa shape index (κ3) is 7.45. The fraction of sp³-hybridized carbons (Fsp3) is 0.520. The summed E-state index contributed by atoms with van der Waals surface area (Å²) < 4.78 is 0. The topological polar surface area (TPSA) is 169 Å². The summed E-state index contributed by atoms with van der Waals surface area (Å²) >= 11 is 0. The number of nitrogens with zero attached hydrogens (tertiary/aromatic N) is 2. The molecule has 1 fully saturated rings. The van der Waals surface area contributed by atoms with Gasteiger partial charge in [-0.15, -0.1) is 0 Å². The van der Waals surface area contributed by atoms with E-state index in [1.165, 1.54) is 4.90 Å². The van der Waals surface area contributed by atoms with Gasteiger partial charge in [0.15, 0.2) is 0 Å². The zero-order valence-electron chi connectivity index (χ0n) is 20.1. The highest BCUT2D eigenvalue weighted by Gasteiger charge is 2.33. The van der Waals surface area contributed by atoms with E-state index in [1.807, 2.05) is 30.3 Å². The first kappa shape index (κ1) is 26.5. The second kappa shape index (κ2) is 13.1. The maximum absolute atomic E-state index is 13.3. The number of hydrogen-bond acceptors (Lipinski definition) is 7. The molecule has 2 unspecified atom stereocenters. The van der Waals surface area contributed by atoms with E-state index in [1.54, 1.807) is 6.20 Å². The zero-order valence-corrected chi connectivity index (χ0v) is 20.1. The van der Waals surface area contributed by atoms with Crippen LogP contribution >= 0.6 is 0 Å². The average Bonchev–Trinajstić information content (AvgIpc) is 2.87. The molecule has 8 N–H and O–H groups in total. The van der Waals surface area contributed by atoms with Crippen LogP contribution in [0.1, 0.15) is 38.5 Å². The van der Waals surface area contributed by atoms with Crippen LogP contribution in [0.25, 0.3) is 10.9 Å². The number of carbonyl (C=O) groups is 3. The van der Waals surface area contributed by atoms with Crippen LogP contribution < -0.4 is 27.8 Å². The van der Waals surface area contributed by atoms with Crippen LogP contribution in [0.4, 0.5) is 5.69 Å². The molecular weight excluding hydrogens is 446 g/mol. The number of pyridine rings is 1. The number of benzene rings is 1. The van der Waals surface area contributed by atoms with Crippen LogP contribution in [0.2, 0.25) is 0 Å². The highest BCUT2D eigenvalue weighted by molar-refractivity contribution is 5.99. The highest BCUT2D eigenvalue weighted by atomic mass is 16.2. The van der Waals surface area contributed by atoms with Gasteiger partial charge in [-0.05, 0) is 30.9 Å². The first-order chi connectivity index (χ1) is 16.9. The molecule has 3 amide bonds. The number of hydrogen-bond donors (Lipinski definition) is 5. The molecule has 2 atom stereocenters. The van der Waals surface area contributed by atoms with Crippen LogP contribution in [0, 0.1) is 5.92 Å². The van der Waals surface area contributed by atoms with E-state index in [2.05, 4.69) is 15.6 Å². The quantitative estimate of drug-likeness (QED) is 0.313. The van der Waals surface area contributed by atoms with E-state index in [9.17, 15) is 14.4 Å². The number of nitrogens with one attached hydrogen (secondary N) is 2. The van der Waals surface area contributed by atoms with Crippen molar-refractivity contribution >= 4 is 34.3 Å². The van der Waals surface area contributed by atoms with Crippen LogP contribution in [0.5, 0.6) is 0 Å². The largest absolute Gasteiger partial charge is 0.343 e. The molecule has 0 radical (unpaired) electrons. The van der Waals surface area contributed by atoms with Crippen LogP contribution in [-0.4, -0.2) is 65.9 Å². The molecular formula is C25H37N7O3. The molecule has 1 aromatic carbocycles. The first-order valence-corrected chi connectivity index (χ1v) is 12.3. The molecule has 0 spiro atoms. The molecule has 1 aromatic heterocycles. The Labute approximate surface area is 206 Å². The summed E-state index contributed by atoms with van der Waals surface area (Å²) in [6.45, 7) is 1.27. The molecule has 35 heavy (non-hydrogen) atoms. The molecule has 190 valence electrons. The summed E-state index contributed by atoms with van der Waals surface area (Å²) in [5.41, 5.74) is 18.6. The minimum atomic E-state index is -1.08. The number of anilines is 1. The van der Waals surface area contributed by atoms with Crippen LogP contribution in [0.15, 0.2) is 36.5 Å². The molecule has 2 aromatic rings. The van der Waals surface area contributed by atoms with Gasteiger partial charge in [0.25, 0.3) is 0 Å². The number of nitrogens with two attached hydrogens (primary N) is 3. The van der Waals surface area contributed by atoms with Crippen molar-refractivity contribution in [3.8, 4) is 0 Å². The standard InChI is InChI=1S/C25H37N7O3/c26-10-12-32(13-11-27)22(33)15-20(28)24(34)31-23(17-6-2-1-3-7-17)25(35)30-19-14-18-8-4-5-9-21(18)29-16-19/h4-5,8-9,14,16-17,20,23H,1-3,6-7,10-13,15,26-28H2,(H,30,35)(H,31,34). The number of amides is 3. The van der Waals surface area contributed by atoms with Crippen LogP contribution in [0.3, 0.4) is 0 Å². The van der Waals surface area contributed by atoms with Crippen molar-refractivity contribution < 1.29 is 14.4 Å². The van der Waals surface area contributed by atoms with Crippen molar-refractivity contribution in [3.05, 3.63) is 36.5 Å². The van der Waals surface area contributed by atoms with Crippen molar-refractivity contribution in [1.82, 2.24) is 15.2 Å². The number of fused-ring (bicyclic) bond motifs is 1. The van der Waals surface area contributed by atoms with Gasteiger partial charge < -0.3 is 32.7 Å². The van der Waals surface area contributed by atoms with Gasteiger partial charge in [0.05, 0.1) is 29.9 Å². The number of aromatic nitrogens is 1. The Hall–Kier alpha value is -3.08. The lowest BCUT2D eigenvalue weighted by atomic mass is 9.83. The van der Waals surface area contributed by atoms with Crippen molar-refractivity contribution in [1.29, 1.82) is 0 Å². The lowest BCUT2D eigenvalue weighted by molar-refractivity contribution is -0.135. The van der Waals surface area contributed by atoms with Crippen molar-refractivity contribution in [2.75, 3.05) is 31.5 Å². The van der Waals surface area contributed by atoms with Gasteiger partial charge >= 0.3 is 0 Å². The summed E-state index contributed by atoms with van der Waals surface area (Å²) in [7, 11) is 0. The molecule has 0 aliphatic heterocycles. The number of para-hydroxylation sites is 1. The van der Waals surface area contributed by atoms with Gasteiger partial charge in [0.2, 0.25) is 17.7 Å². The maximum Gasteiger partial charge on any atom is 0.247 e. The maximum atomic E-state index is 13.3. The van der Waals surface area contributed by atoms with Gasteiger partial charge in [-0.25, -0.2) is 0 Å². The molecule has 0 bridgehead atoms. The Balaban J connectivity index is 1.69. The van der Waals surface area contributed by atoms with E-state index in [-0.39, 0.29) is 24.2 Å². The summed E-state index contributed by atoms with van der Waals surface area (Å²) in [4.78, 5) is 44.7.